The number of pyridine rings is 1. The molecule has 36 heavy (non-hydrogen) atoms. The van der Waals surface area contributed by atoms with Gasteiger partial charge >= 0.3 is 0 Å². The van der Waals surface area contributed by atoms with Crippen LogP contribution >= 0.6 is 0 Å². The zero-order valence-electron chi connectivity index (χ0n) is 20.4. The van der Waals surface area contributed by atoms with Gasteiger partial charge in [-0.25, -0.2) is 4.39 Å². The Kier molecular flexibility index (Phi) is 5.47. The number of methoxy groups -OCH3 is 2. The van der Waals surface area contributed by atoms with Crippen molar-refractivity contribution in [1.29, 1.82) is 0 Å². The summed E-state index contributed by atoms with van der Waals surface area (Å²) in [6, 6.07) is 8.61. The van der Waals surface area contributed by atoms with Crippen LogP contribution in [0.25, 0.3) is 27.4 Å². The minimum Gasteiger partial charge on any atom is -0.493 e. The third-order valence-corrected chi connectivity index (χ3v) is 7.39. The van der Waals surface area contributed by atoms with Crippen molar-refractivity contribution in [3.05, 3.63) is 64.5 Å². The van der Waals surface area contributed by atoms with Crippen LogP contribution < -0.4 is 15.0 Å². The molecule has 3 heterocycles. The number of likely N-dealkylation sites (tertiary alicyclic amines) is 1. The van der Waals surface area contributed by atoms with Gasteiger partial charge in [0.1, 0.15) is 5.82 Å². The van der Waals surface area contributed by atoms with Gasteiger partial charge in [-0.2, -0.15) is 0 Å². The molecule has 0 bridgehead atoms. The van der Waals surface area contributed by atoms with Crippen molar-refractivity contribution in [1.82, 2.24) is 14.0 Å². The van der Waals surface area contributed by atoms with Gasteiger partial charge in [-0.1, -0.05) is 0 Å². The van der Waals surface area contributed by atoms with E-state index in [1.165, 1.54) is 24.9 Å². The molecule has 2 aromatic heterocycles. The lowest BCUT2D eigenvalue weighted by Gasteiger charge is -2.27. The summed E-state index contributed by atoms with van der Waals surface area (Å²) in [5.41, 5.74) is 1.15. The van der Waals surface area contributed by atoms with Gasteiger partial charge in [-0.15, -0.1) is 0 Å². The van der Waals surface area contributed by atoms with Gasteiger partial charge in [0.15, 0.2) is 11.5 Å². The Hall–Kier alpha value is -3.81. The largest absolute Gasteiger partial charge is 0.493 e. The topological polar surface area (TPSA) is 65.7 Å². The second-order valence-corrected chi connectivity index (χ2v) is 9.64. The summed E-state index contributed by atoms with van der Waals surface area (Å²) < 4.78 is 29.6. The quantitative estimate of drug-likeness (QED) is 0.393. The van der Waals surface area contributed by atoms with Gasteiger partial charge in [-0.3, -0.25) is 14.2 Å². The molecule has 4 aromatic rings. The first-order chi connectivity index (χ1) is 17.5. The average molecular weight is 490 g/mol. The van der Waals surface area contributed by atoms with Crippen molar-refractivity contribution < 1.29 is 18.7 Å². The normalized spacial score (nSPS) is 16.0. The highest BCUT2D eigenvalue weighted by molar-refractivity contribution is 6.07. The van der Waals surface area contributed by atoms with Gasteiger partial charge in [0.2, 0.25) is 0 Å². The number of carbonyl (C=O) groups is 1. The Balaban J connectivity index is 1.61. The van der Waals surface area contributed by atoms with Crippen LogP contribution in [0.5, 0.6) is 11.5 Å². The van der Waals surface area contributed by atoms with Crippen LogP contribution in [-0.2, 0) is 0 Å². The molecule has 0 unspecified atom stereocenters. The fourth-order valence-corrected chi connectivity index (χ4v) is 5.31. The fraction of sp³-hybridized carbons (Fsp3) is 0.357. The molecule has 1 aliphatic heterocycles. The van der Waals surface area contributed by atoms with Crippen LogP contribution in [0.15, 0.2) is 47.5 Å². The molecule has 8 heteroatoms. The lowest BCUT2D eigenvalue weighted by Crippen LogP contribution is -2.36. The molecule has 1 amide bonds. The predicted octanol–water partition coefficient (Wildman–Crippen LogP) is 5.06. The summed E-state index contributed by atoms with van der Waals surface area (Å²) in [6.07, 6.45) is 8.55. The zero-order chi connectivity index (χ0) is 25.0. The van der Waals surface area contributed by atoms with Gasteiger partial charge < -0.3 is 18.9 Å². The molecule has 6 rings (SSSR count). The maximum absolute atomic E-state index is 15.2. The molecule has 2 fully saturated rings. The standard InChI is InChI=1S/C28H28FN3O4/c1-35-25-14-20-21(15-26(25)36-2)28(34)32(16-22(20)27(33)30-9-4-3-5-10-30)18-12-23(29)19-8-11-31(17-6-7-17)24(19)13-18/h8,11-17H,3-7,9-10H2,1-2H3. The Morgan fingerprint density at radius 2 is 1.64 bits per heavy atom. The van der Waals surface area contributed by atoms with Gasteiger partial charge in [0, 0.05) is 42.3 Å². The first-order valence-corrected chi connectivity index (χ1v) is 12.4. The van der Waals surface area contributed by atoms with E-state index in [-0.39, 0.29) is 11.5 Å². The zero-order valence-corrected chi connectivity index (χ0v) is 20.4. The number of fused-ring (bicyclic) bond motifs is 2. The van der Waals surface area contributed by atoms with Crippen LogP contribution in [0, 0.1) is 5.82 Å². The molecule has 2 aliphatic rings. The van der Waals surface area contributed by atoms with Gasteiger partial charge in [0.25, 0.3) is 11.5 Å². The summed E-state index contributed by atoms with van der Waals surface area (Å²) in [5, 5.41) is 1.33. The molecule has 2 aromatic carbocycles. The van der Waals surface area contributed by atoms with E-state index in [2.05, 4.69) is 4.57 Å². The van der Waals surface area contributed by atoms with Crippen molar-refractivity contribution in [3.63, 3.8) is 0 Å². The number of rotatable bonds is 5. The molecule has 0 spiro atoms. The van der Waals surface area contributed by atoms with Crippen molar-refractivity contribution in [2.75, 3.05) is 27.3 Å². The first-order valence-electron chi connectivity index (χ1n) is 12.4. The molecule has 0 atom stereocenters. The van der Waals surface area contributed by atoms with Crippen LogP contribution in [-0.4, -0.2) is 47.3 Å². The second-order valence-electron chi connectivity index (χ2n) is 9.64. The SMILES string of the molecule is COc1cc2c(C(=O)N3CCCCC3)cn(-c3cc(F)c4ccn(C5CC5)c4c3)c(=O)c2cc1OC. The number of nitrogens with zero attached hydrogens (tertiary/aromatic N) is 3. The molecule has 1 saturated carbocycles. The first kappa shape index (κ1) is 22.6. The molecule has 0 radical (unpaired) electrons. The number of benzene rings is 2. The highest BCUT2D eigenvalue weighted by Crippen LogP contribution is 2.39. The summed E-state index contributed by atoms with van der Waals surface area (Å²) in [4.78, 5) is 29.3. The molecule has 1 aliphatic carbocycles. The molecule has 186 valence electrons. The Morgan fingerprint density at radius 1 is 0.944 bits per heavy atom. The monoisotopic (exact) mass is 489 g/mol. The summed E-state index contributed by atoms with van der Waals surface area (Å²) >= 11 is 0. The highest BCUT2D eigenvalue weighted by atomic mass is 19.1. The number of piperidine rings is 1. The van der Waals surface area contributed by atoms with E-state index >= 15 is 4.39 Å². The Labute approximate surface area is 207 Å². The van der Waals surface area contributed by atoms with Crippen LogP contribution in [0.1, 0.15) is 48.5 Å². The minimum atomic E-state index is -0.398. The van der Waals surface area contributed by atoms with E-state index in [0.29, 0.717) is 58.0 Å². The predicted molar refractivity (Wildman–Crippen MR) is 136 cm³/mol. The number of ether oxygens (including phenoxy) is 2. The van der Waals surface area contributed by atoms with Crippen molar-refractivity contribution in [3.8, 4) is 17.2 Å². The third kappa shape index (κ3) is 3.63. The molecule has 7 nitrogen and oxygen atoms in total. The van der Waals surface area contributed by atoms with Crippen molar-refractivity contribution in [2.45, 2.75) is 38.1 Å². The lowest BCUT2D eigenvalue weighted by atomic mass is 10.0. The number of halogens is 1. The molecule has 1 saturated heterocycles. The van der Waals surface area contributed by atoms with Crippen molar-refractivity contribution >= 4 is 27.6 Å². The fourth-order valence-electron chi connectivity index (χ4n) is 5.31. The number of carbonyl (C=O) groups excluding carboxylic acids is 1. The lowest BCUT2D eigenvalue weighted by molar-refractivity contribution is 0.0725. The van der Waals surface area contributed by atoms with Crippen LogP contribution in [0.2, 0.25) is 0 Å². The van der Waals surface area contributed by atoms with Crippen LogP contribution in [0.4, 0.5) is 4.39 Å². The van der Waals surface area contributed by atoms with E-state index in [9.17, 15) is 9.59 Å². The molecule has 0 N–H and O–H groups in total. The van der Waals surface area contributed by atoms with Crippen molar-refractivity contribution in [2.24, 2.45) is 0 Å². The van der Waals surface area contributed by atoms with E-state index in [0.717, 1.165) is 37.6 Å². The third-order valence-electron chi connectivity index (χ3n) is 7.39. The molecular weight excluding hydrogens is 461 g/mol. The summed E-state index contributed by atoms with van der Waals surface area (Å²) in [5.74, 6) is 0.277. The Bertz CT molecular complexity index is 1560. The maximum Gasteiger partial charge on any atom is 0.263 e. The molecular formula is C28H28FN3O4. The highest BCUT2D eigenvalue weighted by Gasteiger charge is 2.27. The average Bonchev–Trinajstić information content (AvgIpc) is 3.66. The van der Waals surface area contributed by atoms with E-state index in [1.54, 1.807) is 24.4 Å². The smallest absolute Gasteiger partial charge is 0.263 e. The maximum atomic E-state index is 15.2. The minimum absolute atomic E-state index is 0.149. The summed E-state index contributed by atoms with van der Waals surface area (Å²) in [7, 11) is 3.02. The van der Waals surface area contributed by atoms with E-state index < -0.39 is 5.82 Å². The van der Waals surface area contributed by atoms with E-state index in [1.807, 2.05) is 17.2 Å². The number of amides is 1. The van der Waals surface area contributed by atoms with Gasteiger partial charge in [-0.05, 0) is 62.4 Å². The van der Waals surface area contributed by atoms with E-state index in [4.69, 9.17) is 9.47 Å². The second kappa shape index (κ2) is 8.69. The van der Waals surface area contributed by atoms with Gasteiger partial charge in [0.05, 0.1) is 36.4 Å². The summed E-state index contributed by atoms with van der Waals surface area (Å²) in [6.45, 7) is 1.34. The van der Waals surface area contributed by atoms with Crippen LogP contribution in [0.3, 0.4) is 0 Å². The number of hydrogen-bond donors (Lipinski definition) is 0. The Morgan fingerprint density at radius 3 is 2.31 bits per heavy atom. The number of aromatic nitrogens is 2. The number of hydrogen-bond acceptors (Lipinski definition) is 4.